The summed E-state index contributed by atoms with van der Waals surface area (Å²) in [5.74, 6) is 0.332. The van der Waals surface area contributed by atoms with Crippen molar-refractivity contribution in [3.63, 3.8) is 0 Å². The van der Waals surface area contributed by atoms with Gasteiger partial charge in [0.25, 0.3) is 5.91 Å². The highest BCUT2D eigenvalue weighted by atomic mass is 16.5. The van der Waals surface area contributed by atoms with Crippen LogP contribution in [0.3, 0.4) is 0 Å². The maximum atomic E-state index is 13.3. The van der Waals surface area contributed by atoms with Gasteiger partial charge in [-0.3, -0.25) is 14.6 Å². The second kappa shape index (κ2) is 8.06. The van der Waals surface area contributed by atoms with Crippen LogP contribution in [0, 0.1) is 11.3 Å². The molecule has 33 heavy (non-hydrogen) atoms. The van der Waals surface area contributed by atoms with E-state index in [2.05, 4.69) is 11.1 Å². The number of pyridine rings is 1. The maximum absolute atomic E-state index is 13.3. The lowest BCUT2D eigenvalue weighted by molar-refractivity contribution is -0.00568. The molecule has 2 N–H and O–H groups in total. The van der Waals surface area contributed by atoms with Gasteiger partial charge in [-0.25, -0.2) is 0 Å². The number of carbonyl (C=O) groups excluding carboxylic acids is 2. The number of nitrogens with zero attached hydrogens (tertiary/aromatic N) is 3. The van der Waals surface area contributed by atoms with Crippen LogP contribution in [0.4, 0.5) is 5.69 Å². The Kier molecular flexibility index (Phi) is 5.06. The summed E-state index contributed by atoms with van der Waals surface area (Å²) >= 11 is 0. The molecule has 2 aromatic carbocycles. The van der Waals surface area contributed by atoms with E-state index < -0.39 is 5.60 Å². The molecule has 3 aromatic rings. The summed E-state index contributed by atoms with van der Waals surface area (Å²) < 4.78 is 6.26. The molecule has 0 atom stereocenters. The summed E-state index contributed by atoms with van der Waals surface area (Å²) in [6.45, 7) is 0.917. The highest BCUT2D eigenvalue weighted by Gasteiger charge is 2.44. The first-order chi connectivity index (χ1) is 16.0. The molecular weight excluding hydrogens is 416 g/mol. The number of nitrogen functional groups attached to an aromatic ring is 1. The number of piperidine rings is 1. The van der Waals surface area contributed by atoms with Crippen LogP contribution in [0.25, 0.3) is 11.3 Å². The van der Waals surface area contributed by atoms with Gasteiger partial charge in [-0.2, -0.15) is 5.26 Å². The van der Waals surface area contributed by atoms with Gasteiger partial charge in [0.15, 0.2) is 5.78 Å². The molecule has 164 valence electrons. The van der Waals surface area contributed by atoms with Gasteiger partial charge in [0, 0.05) is 31.5 Å². The number of hydrogen-bond acceptors (Lipinski definition) is 6. The van der Waals surface area contributed by atoms with Gasteiger partial charge in [0.1, 0.15) is 11.4 Å². The van der Waals surface area contributed by atoms with E-state index in [1.54, 1.807) is 29.2 Å². The molecule has 2 aliphatic heterocycles. The highest BCUT2D eigenvalue weighted by Crippen LogP contribution is 2.40. The van der Waals surface area contributed by atoms with Crippen LogP contribution >= 0.6 is 0 Å². The number of carbonyl (C=O) groups is 2. The molecule has 3 heterocycles. The van der Waals surface area contributed by atoms with E-state index in [-0.39, 0.29) is 18.1 Å². The third-order valence-corrected chi connectivity index (χ3v) is 6.41. The molecule has 0 unspecified atom stereocenters. The van der Waals surface area contributed by atoms with Crippen molar-refractivity contribution in [2.75, 3.05) is 18.8 Å². The van der Waals surface area contributed by atoms with Gasteiger partial charge in [-0.15, -0.1) is 0 Å². The van der Waals surface area contributed by atoms with Gasteiger partial charge in [-0.1, -0.05) is 30.3 Å². The maximum Gasteiger partial charge on any atom is 0.256 e. The van der Waals surface area contributed by atoms with Crippen molar-refractivity contribution in [3.05, 3.63) is 77.5 Å². The third kappa shape index (κ3) is 3.80. The predicted molar refractivity (Wildman–Crippen MR) is 123 cm³/mol. The lowest BCUT2D eigenvalue weighted by Gasteiger charge is -2.44. The third-order valence-electron chi connectivity index (χ3n) is 6.41. The standard InChI is InChI=1S/C26H22N4O3/c27-15-17-6-7-24-20(12-17)23(31)14-26(33-24)8-10-30(11-9-26)25(32)19-13-22(29-16-21(19)28)18-4-2-1-3-5-18/h1-7,12-13,16H,8-11,14,28H2. The molecule has 2 aliphatic rings. The minimum atomic E-state index is -0.631. The predicted octanol–water partition coefficient (Wildman–Crippen LogP) is 3.84. The summed E-state index contributed by atoms with van der Waals surface area (Å²) in [5.41, 5.74) is 8.73. The monoisotopic (exact) mass is 438 g/mol. The SMILES string of the molecule is N#Cc1ccc2c(c1)C(=O)CC1(CCN(C(=O)c3cc(-c4ccccc4)ncc3N)CC1)O2. The lowest BCUT2D eigenvalue weighted by atomic mass is 9.82. The molecule has 1 amide bonds. The number of nitrogens with two attached hydrogens (primary N) is 1. The molecule has 0 aliphatic carbocycles. The molecule has 5 rings (SSSR count). The Hall–Kier alpha value is -4.18. The second-order valence-corrected chi connectivity index (χ2v) is 8.52. The zero-order valence-corrected chi connectivity index (χ0v) is 18.0. The van der Waals surface area contributed by atoms with Crippen LogP contribution < -0.4 is 10.5 Å². The summed E-state index contributed by atoms with van der Waals surface area (Å²) in [5, 5.41) is 9.09. The number of benzene rings is 2. The fourth-order valence-corrected chi connectivity index (χ4v) is 4.55. The molecule has 1 aromatic heterocycles. The molecule has 0 bridgehead atoms. The quantitative estimate of drug-likeness (QED) is 0.651. The molecular formula is C26H22N4O3. The fraction of sp³-hybridized carbons (Fsp3) is 0.231. The van der Waals surface area contributed by atoms with Crippen molar-refractivity contribution in [2.45, 2.75) is 24.9 Å². The average Bonchev–Trinajstić information content (AvgIpc) is 2.85. The number of likely N-dealkylation sites (tertiary alicyclic amines) is 1. The molecule has 1 fully saturated rings. The number of Topliss-reactive ketones (excluding diaryl/α,β-unsaturated/α-hetero) is 1. The first kappa shape index (κ1) is 20.7. The van der Waals surface area contributed by atoms with Crippen LogP contribution in [0.1, 0.15) is 45.5 Å². The Labute approximate surface area is 191 Å². The van der Waals surface area contributed by atoms with Gasteiger partial charge >= 0.3 is 0 Å². The number of ketones is 1. The van der Waals surface area contributed by atoms with E-state index in [9.17, 15) is 9.59 Å². The summed E-state index contributed by atoms with van der Waals surface area (Å²) in [6, 6.07) is 18.4. The molecule has 0 radical (unpaired) electrons. The van der Waals surface area contributed by atoms with Gasteiger partial charge in [0.05, 0.1) is 46.8 Å². The Morgan fingerprint density at radius 1 is 1.12 bits per heavy atom. The topological polar surface area (TPSA) is 109 Å². The number of hydrogen-bond donors (Lipinski definition) is 1. The van der Waals surface area contributed by atoms with E-state index in [1.165, 1.54) is 6.20 Å². The van der Waals surface area contributed by atoms with Gasteiger partial charge in [-0.05, 0) is 24.3 Å². The largest absolute Gasteiger partial charge is 0.486 e. The van der Waals surface area contributed by atoms with Gasteiger partial charge in [0.2, 0.25) is 0 Å². The van der Waals surface area contributed by atoms with Crippen LogP contribution in [0.15, 0.2) is 60.8 Å². The van der Waals surface area contributed by atoms with Crippen LogP contribution in [-0.4, -0.2) is 40.3 Å². The van der Waals surface area contributed by atoms with Crippen LogP contribution in [0.5, 0.6) is 5.75 Å². The minimum Gasteiger partial charge on any atom is -0.486 e. The van der Waals surface area contributed by atoms with E-state index in [0.717, 1.165) is 5.56 Å². The Balaban J connectivity index is 1.33. The van der Waals surface area contributed by atoms with Crippen molar-refractivity contribution in [3.8, 4) is 23.1 Å². The van der Waals surface area contributed by atoms with Crippen LogP contribution in [-0.2, 0) is 0 Å². The first-order valence-corrected chi connectivity index (χ1v) is 10.8. The van der Waals surface area contributed by atoms with E-state index in [1.807, 2.05) is 30.3 Å². The number of anilines is 1. The van der Waals surface area contributed by atoms with E-state index >= 15 is 0 Å². The zero-order chi connectivity index (χ0) is 23.0. The first-order valence-electron chi connectivity index (χ1n) is 10.8. The Morgan fingerprint density at radius 3 is 2.61 bits per heavy atom. The zero-order valence-electron chi connectivity index (χ0n) is 18.0. The fourth-order valence-electron chi connectivity index (χ4n) is 4.55. The van der Waals surface area contributed by atoms with E-state index in [4.69, 9.17) is 15.7 Å². The smallest absolute Gasteiger partial charge is 0.256 e. The summed E-state index contributed by atoms with van der Waals surface area (Å²) in [7, 11) is 0. The minimum absolute atomic E-state index is 0.0287. The lowest BCUT2D eigenvalue weighted by Crippen LogP contribution is -2.52. The Bertz CT molecular complexity index is 1290. The van der Waals surface area contributed by atoms with Crippen molar-refractivity contribution in [1.82, 2.24) is 9.88 Å². The van der Waals surface area contributed by atoms with Crippen molar-refractivity contribution >= 4 is 17.4 Å². The molecule has 0 saturated carbocycles. The number of ether oxygens (including phenoxy) is 1. The van der Waals surface area contributed by atoms with Crippen LogP contribution in [0.2, 0.25) is 0 Å². The average molecular weight is 438 g/mol. The molecule has 7 heteroatoms. The molecule has 1 saturated heterocycles. The number of rotatable bonds is 2. The second-order valence-electron chi connectivity index (χ2n) is 8.52. The summed E-state index contributed by atoms with van der Waals surface area (Å²) in [6.07, 6.45) is 2.85. The highest BCUT2D eigenvalue weighted by molar-refractivity contribution is 6.01. The van der Waals surface area contributed by atoms with Crippen molar-refractivity contribution < 1.29 is 14.3 Å². The normalized spacial score (nSPS) is 16.6. The number of nitriles is 1. The summed E-state index contributed by atoms with van der Waals surface area (Å²) in [4.78, 5) is 32.2. The number of fused-ring (bicyclic) bond motifs is 1. The molecule has 1 spiro atoms. The number of amides is 1. The van der Waals surface area contributed by atoms with Crippen molar-refractivity contribution in [2.24, 2.45) is 0 Å². The van der Waals surface area contributed by atoms with Gasteiger partial charge < -0.3 is 15.4 Å². The van der Waals surface area contributed by atoms with Crippen molar-refractivity contribution in [1.29, 1.82) is 5.26 Å². The number of aromatic nitrogens is 1. The van der Waals surface area contributed by atoms with E-state index in [0.29, 0.717) is 59.8 Å². The Morgan fingerprint density at radius 2 is 1.88 bits per heavy atom. The molecule has 7 nitrogen and oxygen atoms in total.